The maximum absolute atomic E-state index is 13.0. The van der Waals surface area contributed by atoms with Crippen LogP contribution >= 0.6 is 0 Å². The molecule has 0 unspecified atom stereocenters. The van der Waals surface area contributed by atoms with Gasteiger partial charge in [0.2, 0.25) is 0 Å². The van der Waals surface area contributed by atoms with Gasteiger partial charge in [0.15, 0.2) is 16.4 Å². The van der Waals surface area contributed by atoms with E-state index in [1.807, 2.05) is 13.8 Å². The molecule has 0 aromatic carbocycles. The van der Waals surface area contributed by atoms with Crippen LogP contribution in [0, 0.1) is 5.92 Å². The van der Waals surface area contributed by atoms with E-state index >= 15 is 0 Å². The van der Waals surface area contributed by atoms with Crippen LogP contribution in [0.4, 0.5) is 22.0 Å². The number of allylic oxidation sites excluding steroid dienone is 4. The van der Waals surface area contributed by atoms with Gasteiger partial charge in [-0.1, -0.05) is 26.8 Å². The van der Waals surface area contributed by atoms with Crippen LogP contribution in [0.3, 0.4) is 0 Å². The SMILES string of the molecule is CCS(=O)(=O)C/C(=C\C(N)=C/C(C)C)C1=NCC=C(OCC(F)(F)C(F)(F)F)C=C1. The fourth-order valence-corrected chi connectivity index (χ4v) is 3.16. The fraction of sp³-hybridized carbons (Fsp3) is 0.526. The Morgan fingerprint density at radius 2 is 1.90 bits per heavy atom. The summed E-state index contributed by atoms with van der Waals surface area (Å²) in [6.45, 7) is 3.28. The van der Waals surface area contributed by atoms with Crippen LogP contribution in [0.5, 0.6) is 0 Å². The molecule has 0 aliphatic carbocycles. The number of hydrogen-bond acceptors (Lipinski definition) is 5. The van der Waals surface area contributed by atoms with E-state index in [0.717, 1.165) is 6.08 Å². The van der Waals surface area contributed by atoms with Gasteiger partial charge in [0.1, 0.15) is 5.76 Å². The summed E-state index contributed by atoms with van der Waals surface area (Å²) in [7, 11) is -3.45. The molecule has 0 saturated heterocycles. The van der Waals surface area contributed by atoms with Gasteiger partial charge in [0.05, 0.1) is 18.0 Å². The molecule has 0 radical (unpaired) electrons. The van der Waals surface area contributed by atoms with Crippen LogP contribution in [0.2, 0.25) is 0 Å². The average molecular weight is 456 g/mol. The molecule has 170 valence electrons. The summed E-state index contributed by atoms with van der Waals surface area (Å²) in [6, 6.07) is 0. The zero-order valence-corrected chi connectivity index (χ0v) is 17.7. The molecule has 1 heterocycles. The summed E-state index contributed by atoms with van der Waals surface area (Å²) >= 11 is 0. The molecule has 0 aromatic rings. The highest BCUT2D eigenvalue weighted by molar-refractivity contribution is 7.91. The minimum atomic E-state index is -5.73. The molecule has 30 heavy (non-hydrogen) atoms. The summed E-state index contributed by atoms with van der Waals surface area (Å²) in [5.74, 6) is -5.61. The quantitative estimate of drug-likeness (QED) is 0.421. The van der Waals surface area contributed by atoms with Crippen molar-refractivity contribution in [1.29, 1.82) is 0 Å². The molecule has 2 N–H and O–H groups in total. The molecule has 1 aliphatic heterocycles. The van der Waals surface area contributed by atoms with E-state index in [2.05, 4.69) is 9.73 Å². The molecule has 0 amide bonds. The second-order valence-electron chi connectivity index (χ2n) is 6.91. The molecule has 0 aromatic heterocycles. The highest BCUT2D eigenvalue weighted by Crippen LogP contribution is 2.36. The Balaban J connectivity index is 3.09. The highest BCUT2D eigenvalue weighted by Gasteiger charge is 2.58. The molecular formula is C19H25F5N2O3S. The molecule has 0 atom stereocenters. The molecule has 0 spiro atoms. The second-order valence-corrected chi connectivity index (χ2v) is 9.27. The van der Waals surface area contributed by atoms with Crippen molar-refractivity contribution < 1.29 is 35.1 Å². The number of nitrogens with zero attached hydrogens (tertiary/aromatic N) is 1. The van der Waals surface area contributed by atoms with Gasteiger partial charge in [-0.05, 0) is 35.8 Å². The number of aliphatic imine (C=N–C) groups is 1. The number of hydrogen-bond donors (Lipinski definition) is 1. The van der Waals surface area contributed by atoms with Gasteiger partial charge in [-0.2, -0.15) is 22.0 Å². The van der Waals surface area contributed by atoms with Gasteiger partial charge in [-0.15, -0.1) is 0 Å². The van der Waals surface area contributed by atoms with Gasteiger partial charge in [0.25, 0.3) is 0 Å². The van der Waals surface area contributed by atoms with Crippen LogP contribution in [0.1, 0.15) is 20.8 Å². The van der Waals surface area contributed by atoms with E-state index in [0.29, 0.717) is 5.70 Å². The Morgan fingerprint density at radius 3 is 2.43 bits per heavy atom. The number of rotatable bonds is 9. The van der Waals surface area contributed by atoms with E-state index in [1.54, 1.807) is 6.08 Å². The van der Waals surface area contributed by atoms with Gasteiger partial charge in [-0.25, -0.2) is 8.42 Å². The maximum atomic E-state index is 13.0. The van der Waals surface area contributed by atoms with E-state index in [4.69, 9.17) is 5.73 Å². The van der Waals surface area contributed by atoms with Crippen molar-refractivity contribution in [2.75, 3.05) is 24.7 Å². The predicted molar refractivity (Wildman–Crippen MR) is 106 cm³/mol. The van der Waals surface area contributed by atoms with Gasteiger partial charge in [-0.3, -0.25) is 4.99 Å². The molecule has 11 heteroatoms. The highest BCUT2D eigenvalue weighted by atomic mass is 32.2. The first-order chi connectivity index (χ1) is 13.7. The zero-order valence-electron chi connectivity index (χ0n) is 16.8. The number of nitrogens with two attached hydrogens (primary N) is 1. The third-order valence-corrected chi connectivity index (χ3v) is 5.44. The lowest BCUT2D eigenvalue weighted by molar-refractivity contribution is -0.293. The van der Waals surface area contributed by atoms with Crippen LogP contribution in [-0.4, -0.2) is 50.9 Å². The maximum Gasteiger partial charge on any atom is 0.456 e. The Kier molecular flexibility index (Phi) is 8.82. The topological polar surface area (TPSA) is 81.8 Å². The second kappa shape index (κ2) is 10.2. The largest absolute Gasteiger partial charge is 0.487 e. The van der Waals surface area contributed by atoms with Gasteiger partial charge >= 0.3 is 12.1 Å². The number of sulfone groups is 1. The van der Waals surface area contributed by atoms with Crippen LogP contribution < -0.4 is 5.73 Å². The van der Waals surface area contributed by atoms with Crippen molar-refractivity contribution in [2.24, 2.45) is 16.6 Å². The number of ether oxygens (including phenoxy) is 1. The van der Waals surface area contributed by atoms with Crippen molar-refractivity contribution in [2.45, 2.75) is 32.9 Å². The summed E-state index contributed by atoms with van der Waals surface area (Å²) in [6.07, 6.45) is 1.12. The minimum Gasteiger partial charge on any atom is -0.487 e. The molecule has 1 aliphatic rings. The normalized spacial score (nSPS) is 17.0. The lowest BCUT2D eigenvalue weighted by Gasteiger charge is -2.19. The molecule has 5 nitrogen and oxygen atoms in total. The Hall–Kier alpha value is -2.17. The summed E-state index contributed by atoms with van der Waals surface area (Å²) < 4.78 is 91.7. The lowest BCUT2D eigenvalue weighted by atomic mass is 10.1. The van der Waals surface area contributed by atoms with Gasteiger partial charge in [0, 0.05) is 11.4 Å². The van der Waals surface area contributed by atoms with Crippen LogP contribution in [0.15, 0.2) is 52.4 Å². The van der Waals surface area contributed by atoms with Crippen molar-refractivity contribution in [3.05, 3.63) is 47.4 Å². The molecule has 0 fully saturated rings. The number of halogens is 5. The Morgan fingerprint density at radius 1 is 1.27 bits per heavy atom. The molecule has 1 rings (SSSR count). The molecule has 0 bridgehead atoms. The summed E-state index contributed by atoms with van der Waals surface area (Å²) in [5, 5.41) is 0. The zero-order chi connectivity index (χ0) is 23.2. The van der Waals surface area contributed by atoms with Crippen LogP contribution in [0.25, 0.3) is 0 Å². The fourth-order valence-electron chi connectivity index (χ4n) is 2.25. The molecule has 0 saturated carbocycles. The summed E-state index contributed by atoms with van der Waals surface area (Å²) in [5.41, 5.74) is 6.74. The van der Waals surface area contributed by atoms with Gasteiger partial charge < -0.3 is 10.5 Å². The average Bonchev–Trinajstić information content (AvgIpc) is 2.83. The first kappa shape index (κ1) is 25.9. The minimum absolute atomic E-state index is 0.105. The third-order valence-electron chi connectivity index (χ3n) is 3.81. The van der Waals surface area contributed by atoms with E-state index in [9.17, 15) is 30.4 Å². The Bertz CT molecular complexity index is 867. The van der Waals surface area contributed by atoms with Crippen molar-refractivity contribution >= 4 is 15.5 Å². The Labute approximate surface area is 172 Å². The standard InChI is InChI=1S/C19H25F5N2O3S/c1-4-30(27,28)11-14(10-15(25)9-13(2)3)17-6-5-16(7-8-26-17)29-12-18(20,21)19(22,23)24/h5-7,9-10,13H,4,8,11-12,25H2,1-3H3/b14-10+,15-9+. The predicted octanol–water partition coefficient (Wildman–Crippen LogP) is 3.96. The lowest BCUT2D eigenvalue weighted by Crippen LogP contribution is -2.40. The van der Waals surface area contributed by atoms with E-state index in [1.165, 1.54) is 25.2 Å². The van der Waals surface area contributed by atoms with E-state index < -0.39 is 28.5 Å². The van der Waals surface area contributed by atoms with E-state index in [-0.39, 0.29) is 41.0 Å². The van der Waals surface area contributed by atoms with Crippen molar-refractivity contribution in [3.8, 4) is 0 Å². The third kappa shape index (κ3) is 8.29. The van der Waals surface area contributed by atoms with Crippen molar-refractivity contribution in [1.82, 2.24) is 0 Å². The smallest absolute Gasteiger partial charge is 0.456 e. The van der Waals surface area contributed by atoms with Crippen LogP contribution in [-0.2, 0) is 14.6 Å². The monoisotopic (exact) mass is 456 g/mol. The van der Waals surface area contributed by atoms with Crippen molar-refractivity contribution in [3.63, 3.8) is 0 Å². The summed E-state index contributed by atoms with van der Waals surface area (Å²) in [4.78, 5) is 4.17. The first-order valence-corrected chi connectivity index (χ1v) is 10.9. The molecular weight excluding hydrogens is 431 g/mol. The number of alkyl halides is 5. The first-order valence-electron chi connectivity index (χ1n) is 9.05.